The highest BCUT2D eigenvalue weighted by atomic mass is 16.3. The lowest BCUT2D eigenvalue weighted by molar-refractivity contribution is -0.131. The number of aliphatic hydroxyl groups excluding tert-OH is 1. The van der Waals surface area contributed by atoms with Crippen LogP contribution in [0.25, 0.3) is 0 Å². The molecule has 0 spiro atoms. The van der Waals surface area contributed by atoms with E-state index < -0.39 is 29.4 Å². The molecule has 3 unspecified atom stereocenters. The molecule has 2 amide bonds. The van der Waals surface area contributed by atoms with Crippen molar-refractivity contribution >= 4 is 42.1 Å². The summed E-state index contributed by atoms with van der Waals surface area (Å²) >= 11 is 0. The molecular formula is C21H29N7O3. The molecule has 4 N–H and O–H groups in total. The molecule has 3 atom stereocenters. The summed E-state index contributed by atoms with van der Waals surface area (Å²) in [7, 11) is 1.53. The minimum Gasteiger partial charge on any atom is -0.392 e. The maximum absolute atomic E-state index is 12.7. The van der Waals surface area contributed by atoms with Crippen LogP contribution in [-0.2, 0) is 4.79 Å². The van der Waals surface area contributed by atoms with Gasteiger partial charge in [0, 0.05) is 37.7 Å². The number of rotatable bonds is 8. The predicted molar refractivity (Wildman–Crippen MR) is 120 cm³/mol. The van der Waals surface area contributed by atoms with Crippen molar-refractivity contribution in [2.45, 2.75) is 39.3 Å². The smallest absolute Gasteiger partial charge is 0.270 e. The van der Waals surface area contributed by atoms with E-state index in [9.17, 15) is 14.7 Å². The summed E-state index contributed by atoms with van der Waals surface area (Å²) in [6, 6.07) is 3.82. The third kappa shape index (κ3) is 5.88. The van der Waals surface area contributed by atoms with Crippen molar-refractivity contribution in [1.82, 2.24) is 15.2 Å². The Bertz CT molecular complexity index is 908. The highest BCUT2D eigenvalue weighted by molar-refractivity contribution is 6.11. The second-order valence-electron chi connectivity index (χ2n) is 7.98. The van der Waals surface area contributed by atoms with Crippen LogP contribution in [0.1, 0.15) is 37.7 Å². The minimum atomic E-state index is -0.887. The molecule has 1 aromatic rings. The quantitative estimate of drug-likeness (QED) is 0.366. The Morgan fingerprint density at radius 2 is 2.10 bits per heavy atom. The first-order chi connectivity index (χ1) is 14.6. The van der Waals surface area contributed by atoms with Gasteiger partial charge in [0.15, 0.2) is 5.82 Å². The topological polar surface area (TPSA) is 155 Å². The van der Waals surface area contributed by atoms with Gasteiger partial charge >= 0.3 is 0 Å². The normalized spacial score (nSPS) is 18.9. The van der Waals surface area contributed by atoms with Crippen LogP contribution >= 0.6 is 0 Å². The summed E-state index contributed by atoms with van der Waals surface area (Å²) in [6.07, 6.45) is 3.73. The summed E-state index contributed by atoms with van der Waals surface area (Å²) < 4.78 is 0. The van der Waals surface area contributed by atoms with Crippen molar-refractivity contribution in [3.63, 3.8) is 0 Å². The molecule has 0 bridgehead atoms. The van der Waals surface area contributed by atoms with Crippen LogP contribution in [0.2, 0.25) is 0 Å². The second-order valence-corrected chi connectivity index (χ2v) is 7.98. The summed E-state index contributed by atoms with van der Waals surface area (Å²) in [5, 5.41) is 28.0. The number of aliphatic imine (C=N–C) groups is 2. The fraction of sp³-hybridized carbons (Fsp3) is 0.476. The first kappa shape index (κ1) is 24.0. The molecule has 1 aliphatic rings. The first-order valence-corrected chi connectivity index (χ1v) is 9.94. The molecule has 0 aromatic carbocycles. The second kappa shape index (κ2) is 10.2. The number of aliphatic hydroxyl groups is 1. The zero-order valence-electron chi connectivity index (χ0n) is 18.2. The van der Waals surface area contributed by atoms with Crippen LogP contribution in [0.3, 0.4) is 0 Å². The zero-order valence-corrected chi connectivity index (χ0v) is 18.2. The van der Waals surface area contributed by atoms with Crippen LogP contribution in [0.15, 0.2) is 28.2 Å². The van der Waals surface area contributed by atoms with Crippen molar-refractivity contribution in [3.05, 3.63) is 23.9 Å². The lowest BCUT2D eigenvalue weighted by Crippen LogP contribution is -2.50. The van der Waals surface area contributed by atoms with Crippen molar-refractivity contribution in [2.24, 2.45) is 21.3 Å². The third-order valence-electron chi connectivity index (χ3n) is 5.05. The average Bonchev–Trinajstić information content (AvgIpc) is 3.00. The summed E-state index contributed by atoms with van der Waals surface area (Å²) in [5.74, 6) is -1.07. The molecule has 10 heteroatoms. The maximum Gasteiger partial charge on any atom is 0.270 e. The number of carbonyl (C=O) groups is 2. The standard InChI is InChI=1S/C21H29N7O3/c1-13(29)14(10-22)11-25-17-7-5-6-15(26-17)19(30)27-16(12-24-4)18(23)28-9-8-21(2,3)20(28)31/h5-7,10-14,16,22-23,29H,8-9H2,1-4H3,(H,27,30). The Kier molecular flexibility index (Phi) is 7.87. The number of pyridine rings is 1. The lowest BCUT2D eigenvalue weighted by Gasteiger charge is -2.24. The Balaban J connectivity index is 2.16. The van der Waals surface area contributed by atoms with Gasteiger partial charge in [-0.05, 0) is 25.5 Å². The third-order valence-corrected chi connectivity index (χ3v) is 5.05. The number of nitrogens with zero attached hydrogens (tertiary/aromatic N) is 4. The molecule has 2 heterocycles. The van der Waals surface area contributed by atoms with Crippen LogP contribution in [0, 0.1) is 22.2 Å². The molecule has 1 aliphatic heterocycles. The van der Waals surface area contributed by atoms with Crippen molar-refractivity contribution in [1.29, 1.82) is 10.8 Å². The van der Waals surface area contributed by atoms with Gasteiger partial charge in [0.25, 0.3) is 5.91 Å². The van der Waals surface area contributed by atoms with Gasteiger partial charge in [-0.15, -0.1) is 0 Å². The molecule has 2 rings (SSSR count). The highest BCUT2D eigenvalue weighted by Crippen LogP contribution is 2.30. The van der Waals surface area contributed by atoms with Crippen LogP contribution in [0.5, 0.6) is 0 Å². The highest BCUT2D eigenvalue weighted by Gasteiger charge is 2.41. The van der Waals surface area contributed by atoms with E-state index in [4.69, 9.17) is 10.8 Å². The molecule has 1 fully saturated rings. The number of carbonyl (C=O) groups excluding carboxylic acids is 2. The largest absolute Gasteiger partial charge is 0.392 e. The molecule has 0 saturated carbocycles. The number of hydrogen-bond donors (Lipinski definition) is 4. The van der Waals surface area contributed by atoms with E-state index in [-0.39, 0.29) is 23.3 Å². The number of nitrogens with one attached hydrogen (secondary N) is 3. The molecule has 10 nitrogen and oxygen atoms in total. The van der Waals surface area contributed by atoms with E-state index in [2.05, 4.69) is 20.3 Å². The van der Waals surface area contributed by atoms with Gasteiger partial charge in [-0.1, -0.05) is 19.9 Å². The fourth-order valence-electron chi connectivity index (χ4n) is 2.99. The number of aromatic nitrogens is 1. The van der Waals surface area contributed by atoms with Gasteiger partial charge in [-0.3, -0.25) is 24.9 Å². The fourth-order valence-corrected chi connectivity index (χ4v) is 2.99. The van der Waals surface area contributed by atoms with Crippen LogP contribution in [0.4, 0.5) is 5.82 Å². The van der Waals surface area contributed by atoms with Crippen LogP contribution < -0.4 is 5.32 Å². The zero-order chi connectivity index (χ0) is 23.2. The molecular weight excluding hydrogens is 398 g/mol. The van der Waals surface area contributed by atoms with Gasteiger partial charge < -0.3 is 15.8 Å². The Labute approximate surface area is 181 Å². The summed E-state index contributed by atoms with van der Waals surface area (Å²) in [4.78, 5) is 38.9. The van der Waals surface area contributed by atoms with E-state index in [0.717, 1.165) is 6.21 Å². The van der Waals surface area contributed by atoms with Gasteiger partial charge in [-0.25, -0.2) is 9.98 Å². The molecule has 31 heavy (non-hydrogen) atoms. The average molecular weight is 428 g/mol. The monoisotopic (exact) mass is 427 g/mol. The first-order valence-electron chi connectivity index (χ1n) is 9.94. The molecule has 1 saturated heterocycles. The van der Waals surface area contributed by atoms with Crippen LogP contribution in [-0.4, -0.2) is 77.0 Å². The molecule has 0 aliphatic carbocycles. The SMILES string of the molecule is CN=CC(NC(=O)c1cccc(N=CC(C=N)C(C)O)n1)C(=N)N1CCC(C)(C)C1=O. The van der Waals surface area contributed by atoms with E-state index in [1.54, 1.807) is 19.1 Å². The van der Waals surface area contributed by atoms with E-state index in [1.165, 1.54) is 30.4 Å². The van der Waals surface area contributed by atoms with Crippen molar-refractivity contribution in [2.75, 3.05) is 13.6 Å². The Hall–Kier alpha value is -3.27. The van der Waals surface area contributed by atoms with E-state index >= 15 is 0 Å². The number of amidine groups is 1. The molecule has 0 radical (unpaired) electrons. The minimum absolute atomic E-state index is 0.0468. The predicted octanol–water partition coefficient (Wildman–Crippen LogP) is 1.47. The molecule has 166 valence electrons. The number of likely N-dealkylation sites (tertiary alicyclic amines) is 1. The van der Waals surface area contributed by atoms with E-state index in [0.29, 0.717) is 13.0 Å². The summed E-state index contributed by atoms with van der Waals surface area (Å²) in [5.41, 5.74) is -0.466. The molecule has 1 aromatic heterocycles. The lowest BCUT2D eigenvalue weighted by atomic mass is 9.92. The number of amides is 2. The number of hydrogen-bond acceptors (Lipinski definition) is 8. The Morgan fingerprint density at radius 1 is 1.39 bits per heavy atom. The Morgan fingerprint density at radius 3 is 2.65 bits per heavy atom. The summed E-state index contributed by atoms with van der Waals surface area (Å²) in [6.45, 7) is 5.63. The van der Waals surface area contributed by atoms with E-state index in [1.807, 2.05) is 13.8 Å². The maximum atomic E-state index is 12.7. The van der Waals surface area contributed by atoms with Gasteiger partial charge in [0.2, 0.25) is 5.91 Å². The van der Waals surface area contributed by atoms with Crippen molar-refractivity contribution in [3.8, 4) is 0 Å². The van der Waals surface area contributed by atoms with Gasteiger partial charge in [-0.2, -0.15) is 0 Å². The van der Waals surface area contributed by atoms with Crippen molar-refractivity contribution < 1.29 is 14.7 Å². The van der Waals surface area contributed by atoms with Gasteiger partial charge in [0.05, 0.1) is 12.0 Å². The van der Waals surface area contributed by atoms with Gasteiger partial charge in [0.1, 0.15) is 17.6 Å².